The Morgan fingerprint density at radius 1 is 0.958 bits per heavy atom. The van der Waals surface area contributed by atoms with Crippen LogP contribution in [-0.4, -0.2) is 41.2 Å². The molecule has 3 heteroatoms. The summed E-state index contributed by atoms with van der Waals surface area (Å²) in [5.74, 6) is 2.05. The number of unbranched alkanes of at least 4 members (excludes halogenated alkanes) is 7. The molecular weight excluding hydrogens is 314 g/mol. The summed E-state index contributed by atoms with van der Waals surface area (Å²) in [5.41, 5.74) is 1.30. The Balaban J connectivity index is 1.93. The molecule has 0 heterocycles. The van der Waals surface area contributed by atoms with Crippen molar-refractivity contribution in [2.24, 2.45) is 0 Å². The minimum atomic E-state index is -0.224. The van der Waals surface area contributed by atoms with Crippen molar-refractivity contribution in [1.82, 2.24) is 4.90 Å². The van der Waals surface area contributed by atoms with Gasteiger partial charge >= 0.3 is 0 Å². The predicted octanol–water partition coefficient (Wildman–Crippen LogP) is 5.35. The summed E-state index contributed by atoms with van der Waals surface area (Å²) in [6, 6.07) is 10.5. The molecule has 0 aliphatic heterocycles. The van der Waals surface area contributed by atoms with Crippen molar-refractivity contribution >= 4 is 11.8 Å². The molecule has 0 bridgehead atoms. The van der Waals surface area contributed by atoms with Crippen LogP contribution in [0.15, 0.2) is 30.3 Å². The van der Waals surface area contributed by atoms with E-state index >= 15 is 0 Å². The number of likely N-dealkylation sites (N-methyl/N-ethyl adjacent to an activating group) is 1. The highest BCUT2D eigenvalue weighted by molar-refractivity contribution is 7.99. The summed E-state index contributed by atoms with van der Waals surface area (Å²) in [6.45, 7) is 3.92. The number of aliphatic hydroxyl groups excluding tert-OH is 1. The monoisotopic (exact) mass is 351 g/mol. The lowest BCUT2D eigenvalue weighted by Gasteiger charge is -2.20. The lowest BCUT2D eigenvalue weighted by atomic mass is 10.1. The molecule has 1 atom stereocenters. The maximum atomic E-state index is 10.2. The van der Waals surface area contributed by atoms with Crippen LogP contribution in [0.3, 0.4) is 0 Å². The lowest BCUT2D eigenvalue weighted by molar-refractivity contribution is 0.142. The van der Waals surface area contributed by atoms with Gasteiger partial charge in [-0.3, -0.25) is 4.90 Å². The average molecular weight is 352 g/mol. The van der Waals surface area contributed by atoms with Crippen LogP contribution >= 0.6 is 11.8 Å². The third-order valence-electron chi connectivity index (χ3n) is 4.27. The highest BCUT2D eigenvalue weighted by atomic mass is 32.2. The topological polar surface area (TPSA) is 23.5 Å². The minimum Gasteiger partial charge on any atom is -0.391 e. The Labute approximate surface area is 154 Å². The van der Waals surface area contributed by atoms with E-state index in [4.69, 9.17) is 0 Å². The fourth-order valence-corrected chi connectivity index (χ4v) is 3.88. The van der Waals surface area contributed by atoms with Gasteiger partial charge in [-0.1, -0.05) is 82.2 Å². The second-order valence-corrected chi connectivity index (χ2v) is 8.04. The molecule has 0 spiro atoms. The zero-order valence-electron chi connectivity index (χ0n) is 15.8. The predicted molar refractivity (Wildman–Crippen MR) is 109 cm³/mol. The van der Waals surface area contributed by atoms with Gasteiger partial charge in [-0.2, -0.15) is 11.8 Å². The van der Waals surface area contributed by atoms with Gasteiger partial charge in [0.1, 0.15) is 0 Å². The third-order valence-corrected chi connectivity index (χ3v) is 5.47. The molecule has 1 aromatic rings. The van der Waals surface area contributed by atoms with Crippen molar-refractivity contribution in [1.29, 1.82) is 0 Å². The molecule has 0 aromatic heterocycles. The second-order valence-electron chi connectivity index (χ2n) is 6.89. The molecule has 1 unspecified atom stereocenters. The van der Waals surface area contributed by atoms with Gasteiger partial charge in [0.2, 0.25) is 0 Å². The van der Waals surface area contributed by atoms with E-state index in [1.807, 2.05) is 17.8 Å². The number of benzene rings is 1. The van der Waals surface area contributed by atoms with Gasteiger partial charge in [0, 0.05) is 18.8 Å². The highest BCUT2D eigenvalue weighted by Gasteiger charge is 2.08. The third kappa shape index (κ3) is 11.9. The zero-order chi connectivity index (χ0) is 17.5. The summed E-state index contributed by atoms with van der Waals surface area (Å²) >= 11 is 1.90. The fourth-order valence-electron chi connectivity index (χ4n) is 2.93. The first-order valence-corrected chi connectivity index (χ1v) is 10.9. The quantitative estimate of drug-likeness (QED) is 0.431. The standard InChI is InChI=1S/C21H37NOS/c1-3-4-5-6-7-8-9-13-16-24-19-21(23)18-22(2)17-20-14-11-10-12-15-20/h10-12,14-15,21,23H,3-9,13,16-19H2,1-2H3. The zero-order valence-corrected chi connectivity index (χ0v) is 16.6. The van der Waals surface area contributed by atoms with Crippen molar-refractivity contribution < 1.29 is 5.11 Å². The molecule has 0 aliphatic carbocycles. The van der Waals surface area contributed by atoms with Gasteiger partial charge in [0.05, 0.1) is 6.10 Å². The van der Waals surface area contributed by atoms with E-state index in [-0.39, 0.29) is 6.10 Å². The van der Waals surface area contributed by atoms with Crippen LogP contribution in [0.4, 0.5) is 0 Å². The number of nitrogens with zero attached hydrogens (tertiary/aromatic N) is 1. The molecule has 1 N–H and O–H groups in total. The molecule has 2 nitrogen and oxygen atoms in total. The molecule has 1 rings (SSSR count). The molecule has 0 saturated heterocycles. The van der Waals surface area contributed by atoms with E-state index in [1.54, 1.807) is 0 Å². The molecule has 138 valence electrons. The van der Waals surface area contributed by atoms with Gasteiger partial charge in [0.25, 0.3) is 0 Å². The van der Waals surface area contributed by atoms with Crippen molar-refractivity contribution in [3.8, 4) is 0 Å². The first-order valence-electron chi connectivity index (χ1n) is 9.70. The summed E-state index contributed by atoms with van der Waals surface area (Å²) < 4.78 is 0. The molecule has 0 aliphatic rings. The molecule has 0 saturated carbocycles. The van der Waals surface area contributed by atoms with Gasteiger partial charge in [-0.15, -0.1) is 0 Å². The number of hydrogen-bond donors (Lipinski definition) is 1. The average Bonchev–Trinajstić information content (AvgIpc) is 2.57. The minimum absolute atomic E-state index is 0.224. The number of aliphatic hydroxyl groups is 1. The SMILES string of the molecule is CCCCCCCCCCSCC(O)CN(C)Cc1ccccc1. The Morgan fingerprint density at radius 2 is 1.58 bits per heavy atom. The number of thioether (sulfide) groups is 1. The summed E-state index contributed by atoms with van der Waals surface area (Å²) in [6.07, 6.45) is 10.8. The molecule has 0 radical (unpaired) electrons. The van der Waals surface area contributed by atoms with Crippen LogP contribution in [0, 0.1) is 0 Å². The lowest BCUT2D eigenvalue weighted by Crippen LogP contribution is -2.30. The molecule has 1 aromatic carbocycles. The van der Waals surface area contributed by atoms with Crippen LogP contribution in [-0.2, 0) is 6.54 Å². The van der Waals surface area contributed by atoms with Gasteiger partial charge in [-0.25, -0.2) is 0 Å². The fraction of sp³-hybridized carbons (Fsp3) is 0.714. The number of rotatable bonds is 15. The molecule has 0 fully saturated rings. The van der Waals surface area contributed by atoms with Crippen molar-refractivity contribution in [2.75, 3.05) is 25.1 Å². The van der Waals surface area contributed by atoms with Crippen LogP contribution in [0.1, 0.15) is 63.9 Å². The summed E-state index contributed by atoms with van der Waals surface area (Å²) in [7, 11) is 2.08. The van der Waals surface area contributed by atoms with E-state index in [9.17, 15) is 5.11 Å². The van der Waals surface area contributed by atoms with E-state index in [0.717, 1.165) is 18.8 Å². The smallest absolute Gasteiger partial charge is 0.0757 e. The largest absolute Gasteiger partial charge is 0.391 e. The van der Waals surface area contributed by atoms with E-state index in [1.165, 1.54) is 62.7 Å². The maximum Gasteiger partial charge on any atom is 0.0757 e. The Bertz CT molecular complexity index is 385. The first-order chi connectivity index (χ1) is 11.7. The van der Waals surface area contributed by atoms with Crippen LogP contribution < -0.4 is 0 Å². The maximum absolute atomic E-state index is 10.2. The van der Waals surface area contributed by atoms with Gasteiger partial charge in [-0.05, 0) is 24.8 Å². The van der Waals surface area contributed by atoms with Crippen molar-refractivity contribution in [3.63, 3.8) is 0 Å². The van der Waals surface area contributed by atoms with Gasteiger partial charge in [0.15, 0.2) is 0 Å². The molecule has 0 amide bonds. The van der Waals surface area contributed by atoms with E-state index < -0.39 is 0 Å². The van der Waals surface area contributed by atoms with Crippen LogP contribution in [0.2, 0.25) is 0 Å². The number of hydrogen-bond acceptors (Lipinski definition) is 3. The second kappa shape index (κ2) is 14.8. The van der Waals surface area contributed by atoms with Gasteiger partial charge < -0.3 is 5.11 Å². The summed E-state index contributed by atoms with van der Waals surface area (Å²) in [5, 5.41) is 10.2. The Kier molecular flexibility index (Phi) is 13.3. The van der Waals surface area contributed by atoms with Crippen LogP contribution in [0.5, 0.6) is 0 Å². The van der Waals surface area contributed by atoms with E-state index in [2.05, 4.69) is 43.1 Å². The molecular formula is C21H37NOS. The Hall–Kier alpha value is -0.510. The molecule has 24 heavy (non-hydrogen) atoms. The Morgan fingerprint density at radius 3 is 2.25 bits per heavy atom. The summed E-state index contributed by atoms with van der Waals surface area (Å²) in [4.78, 5) is 2.21. The van der Waals surface area contributed by atoms with Crippen molar-refractivity contribution in [3.05, 3.63) is 35.9 Å². The van der Waals surface area contributed by atoms with E-state index in [0.29, 0.717) is 0 Å². The van der Waals surface area contributed by atoms with Crippen molar-refractivity contribution in [2.45, 2.75) is 70.9 Å². The van der Waals surface area contributed by atoms with Crippen LogP contribution in [0.25, 0.3) is 0 Å². The normalized spacial score (nSPS) is 12.7. The first kappa shape index (κ1) is 21.5. The highest BCUT2D eigenvalue weighted by Crippen LogP contribution is 2.12.